The molecule has 0 aromatic carbocycles. The summed E-state index contributed by atoms with van der Waals surface area (Å²) in [5.74, 6) is 0.950. The molecule has 3 heteroatoms. The van der Waals surface area contributed by atoms with E-state index >= 15 is 0 Å². The minimum Gasteiger partial charge on any atom is -0.467 e. The van der Waals surface area contributed by atoms with Crippen molar-refractivity contribution in [1.29, 1.82) is 0 Å². The van der Waals surface area contributed by atoms with Crippen LogP contribution < -0.4 is 5.32 Å². The lowest BCUT2D eigenvalue weighted by molar-refractivity contribution is -0.138. The molecule has 1 aromatic heterocycles. The van der Waals surface area contributed by atoms with Crippen LogP contribution in [0, 0.1) is 0 Å². The molecule has 16 heavy (non-hydrogen) atoms. The highest BCUT2D eigenvalue weighted by atomic mass is 16.5. The topological polar surface area (TPSA) is 34.4 Å². The average Bonchev–Trinajstić information content (AvgIpc) is 2.94. The number of nitrogens with one attached hydrogen (secondary N) is 1. The first-order chi connectivity index (χ1) is 7.79. The van der Waals surface area contributed by atoms with E-state index in [1.807, 2.05) is 12.1 Å². The van der Waals surface area contributed by atoms with E-state index in [1.165, 1.54) is 25.7 Å². The van der Waals surface area contributed by atoms with E-state index in [1.54, 1.807) is 6.26 Å². The fraction of sp³-hybridized carbons (Fsp3) is 0.692. The molecule has 2 unspecified atom stereocenters. The molecule has 1 spiro atoms. The maximum Gasteiger partial charge on any atom is 0.134 e. The molecule has 0 bridgehead atoms. The van der Waals surface area contributed by atoms with Gasteiger partial charge in [0.15, 0.2) is 0 Å². The van der Waals surface area contributed by atoms with E-state index in [0.29, 0.717) is 6.04 Å². The molecule has 0 radical (unpaired) electrons. The lowest BCUT2D eigenvalue weighted by atomic mass is 9.96. The van der Waals surface area contributed by atoms with E-state index < -0.39 is 0 Å². The number of hydrogen-bond donors (Lipinski definition) is 1. The van der Waals surface area contributed by atoms with Crippen molar-refractivity contribution in [3.8, 4) is 0 Å². The molecule has 3 nitrogen and oxygen atoms in total. The molecule has 0 amide bonds. The molecule has 1 saturated heterocycles. The van der Waals surface area contributed by atoms with Crippen LogP contribution in [0.2, 0.25) is 0 Å². The van der Waals surface area contributed by atoms with Crippen LogP contribution in [0.3, 0.4) is 0 Å². The highest BCUT2D eigenvalue weighted by Gasteiger charge is 2.43. The quantitative estimate of drug-likeness (QED) is 0.791. The van der Waals surface area contributed by atoms with Gasteiger partial charge in [0, 0.05) is 12.6 Å². The lowest BCUT2D eigenvalue weighted by Gasteiger charge is -2.42. The molecular weight excluding hydrogens is 202 g/mol. The van der Waals surface area contributed by atoms with Crippen LogP contribution in [0.4, 0.5) is 0 Å². The Balaban J connectivity index is 1.81. The van der Waals surface area contributed by atoms with Gasteiger partial charge in [-0.05, 0) is 31.9 Å². The average molecular weight is 221 g/mol. The lowest BCUT2D eigenvalue weighted by Crippen LogP contribution is -2.53. The molecule has 88 valence electrons. The van der Waals surface area contributed by atoms with Crippen LogP contribution >= 0.6 is 0 Å². The second-order valence-corrected chi connectivity index (χ2v) is 5.11. The van der Waals surface area contributed by atoms with Crippen molar-refractivity contribution in [2.45, 2.75) is 50.4 Å². The first kappa shape index (κ1) is 10.4. The van der Waals surface area contributed by atoms with Crippen LogP contribution in [0.15, 0.2) is 22.8 Å². The fourth-order valence-corrected chi connectivity index (χ4v) is 2.94. The summed E-state index contributed by atoms with van der Waals surface area (Å²) in [5.41, 5.74) is 0.0734. The molecule has 2 aliphatic rings. The third kappa shape index (κ3) is 1.68. The van der Waals surface area contributed by atoms with Crippen molar-refractivity contribution >= 4 is 0 Å². The van der Waals surface area contributed by atoms with Crippen molar-refractivity contribution in [2.24, 2.45) is 0 Å². The van der Waals surface area contributed by atoms with Crippen LogP contribution in [-0.2, 0) is 4.74 Å². The third-order valence-electron chi connectivity index (χ3n) is 3.92. The summed E-state index contributed by atoms with van der Waals surface area (Å²) >= 11 is 0. The van der Waals surface area contributed by atoms with Gasteiger partial charge in [-0.3, -0.25) is 0 Å². The monoisotopic (exact) mass is 221 g/mol. The third-order valence-corrected chi connectivity index (χ3v) is 3.92. The van der Waals surface area contributed by atoms with E-state index in [9.17, 15) is 0 Å². The molecule has 3 rings (SSSR count). The highest BCUT2D eigenvalue weighted by Crippen LogP contribution is 2.40. The summed E-state index contributed by atoms with van der Waals surface area (Å²) in [4.78, 5) is 0. The Morgan fingerprint density at radius 2 is 2.19 bits per heavy atom. The molecule has 2 atom stereocenters. The number of ether oxygens (including phenoxy) is 1. The number of furan rings is 1. The standard InChI is InChI=1S/C13H19NO2/c1-10-12(11-5-4-8-15-11)16-13(9-14-10)6-2-3-7-13/h4-5,8,10,12,14H,2-3,6-7,9H2,1H3. The van der Waals surface area contributed by atoms with E-state index in [-0.39, 0.29) is 11.7 Å². The van der Waals surface area contributed by atoms with Gasteiger partial charge >= 0.3 is 0 Å². The predicted octanol–water partition coefficient (Wildman–Crippen LogP) is 2.64. The Labute approximate surface area is 96.2 Å². The number of morpholine rings is 1. The van der Waals surface area contributed by atoms with Crippen molar-refractivity contribution in [3.05, 3.63) is 24.2 Å². The first-order valence-electron chi connectivity index (χ1n) is 6.24. The second-order valence-electron chi connectivity index (χ2n) is 5.11. The van der Waals surface area contributed by atoms with E-state index in [2.05, 4.69) is 12.2 Å². The zero-order chi connectivity index (χ0) is 11.0. The Morgan fingerprint density at radius 1 is 1.38 bits per heavy atom. The highest BCUT2D eigenvalue weighted by molar-refractivity contribution is 5.08. The summed E-state index contributed by atoms with van der Waals surface area (Å²) in [7, 11) is 0. The first-order valence-corrected chi connectivity index (χ1v) is 6.24. The molecular formula is C13H19NO2. The minimum atomic E-state index is 0.0712. The fourth-order valence-electron chi connectivity index (χ4n) is 2.94. The van der Waals surface area contributed by atoms with Crippen LogP contribution in [0.5, 0.6) is 0 Å². The van der Waals surface area contributed by atoms with Crippen molar-refractivity contribution < 1.29 is 9.15 Å². The molecule has 2 heterocycles. The number of rotatable bonds is 1. The van der Waals surface area contributed by atoms with Crippen molar-refractivity contribution in [2.75, 3.05) is 6.54 Å². The summed E-state index contributed by atoms with van der Waals surface area (Å²) in [6.07, 6.45) is 6.75. The van der Waals surface area contributed by atoms with Gasteiger partial charge in [-0.25, -0.2) is 0 Å². The van der Waals surface area contributed by atoms with Crippen LogP contribution in [0.25, 0.3) is 0 Å². The van der Waals surface area contributed by atoms with Gasteiger partial charge in [-0.15, -0.1) is 0 Å². The summed E-state index contributed by atoms with van der Waals surface area (Å²) in [6, 6.07) is 4.27. The van der Waals surface area contributed by atoms with Crippen LogP contribution in [-0.4, -0.2) is 18.2 Å². The van der Waals surface area contributed by atoms with Gasteiger partial charge in [-0.2, -0.15) is 0 Å². The summed E-state index contributed by atoms with van der Waals surface area (Å²) in [5, 5.41) is 3.57. The van der Waals surface area contributed by atoms with E-state index in [4.69, 9.17) is 9.15 Å². The van der Waals surface area contributed by atoms with E-state index in [0.717, 1.165) is 12.3 Å². The molecule has 2 fully saturated rings. The Bertz CT molecular complexity index is 341. The molecule has 1 saturated carbocycles. The van der Waals surface area contributed by atoms with Crippen molar-refractivity contribution in [3.63, 3.8) is 0 Å². The smallest absolute Gasteiger partial charge is 0.134 e. The molecule has 1 N–H and O–H groups in total. The van der Waals surface area contributed by atoms with Crippen molar-refractivity contribution in [1.82, 2.24) is 5.32 Å². The maximum absolute atomic E-state index is 6.34. The second kappa shape index (κ2) is 3.90. The largest absolute Gasteiger partial charge is 0.467 e. The predicted molar refractivity (Wildman–Crippen MR) is 61.2 cm³/mol. The molecule has 1 aliphatic heterocycles. The van der Waals surface area contributed by atoms with Gasteiger partial charge in [-0.1, -0.05) is 12.8 Å². The normalized spacial score (nSPS) is 33.3. The van der Waals surface area contributed by atoms with Gasteiger partial charge in [0.2, 0.25) is 0 Å². The maximum atomic E-state index is 6.34. The Morgan fingerprint density at radius 3 is 2.88 bits per heavy atom. The summed E-state index contributed by atoms with van der Waals surface area (Å²) in [6.45, 7) is 3.15. The van der Waals surface area contributed by atoms with Gasteiger partial charge < -0.3 is 14.5 Å². The van der Waals surface area contributed by atoms with Gasteiger partial charge in [0.05, 0.1) is 11.9 Å². The Hall–Kier alpha value is -0.800. The van der Waals surface area contributed by atoms with Gasteiger partial charge in [0.1, 0.15) is 11.9 Å². The number of hydrogen-bond acceptors (Lipinski definition) is 3. The zero-order valence-electron chi connectivity index (χ0n) is 9.74. The SMILES string of the molecule is CC1NCC2(CCCC2)OC1c1ccco1. The minimum absolute atomic E-state index is 0.0712. The zero-order valence-corrected chi connectivity index (χ0v) is 9.74. The van der Waals surface area contributed by atoms with Gasteiger partial charge in [0.25, 0.3) is 0 Å². The Kier molecular flexibility index (Phi) is 2.52. The van der Waals surface area contributed by atoms with Crippen LogP contribution in [0.1, 0.15) is 44.5 Å². The summed E-state index contributed by atoms with van der Waals surface area (Å²) < 4.78 is 11.8. The molecule has 1 aliphatic carbocycles. The molecule has 1 aromatic rings.